The first kappa shape index (κ1) is 22.6. The third-order valence-corrected chi connectivity index (χ3v) is 4.34. The number of para-hydroxylation sites is 2. The van der Waals surface area contributed by atoms with E-state index >= 15 is 0 Å². The molecule has 0 aliphatic heterocycles. The predicted molar refractivity (Wildman–Crippen MR) is 123 cm³/mol. The van der Waals surface area contributed by atoms with Crippen molar-refractivity contribution in [2.75, 3.05) is 0 Å². The molecule has 2 aromatic carbocycles. The molecule has 0 saturated carbocycles. The van der Waals surface area contributed by atoms with E-state index in [2.05, 4.69) is 84.8 Å². The van der Waals surface area contributed by atoms with Crippen molar-refractivity contribution in [1.29, 1.82) is 0 Å². The molecule has 0 radical (unpaired) electrons. The molecule has 146 valence electrons. The Bertz CT molecular complexity index is 951. The summed E-state index contributed by atoms with van der Waals surface area (Å²) in [6.07, 6.45) is 2.13. The third kappa shape index (κ3) is 4.10. The van der Waals surface area contributed by atoms with Crippen LogP contribution >= 0.6 is 0 Å². The lowest BCUT2D eigenvalue weighted by atomic mass is 10.1. The van der Waals surface area contributed by atoms with Crippen molar-refractivity contribution in [1.82, 2.24) is 9.13 Å². The normalized spacial score (nSPS) is 9.67. The molecule has 0 N–H and O–H groups in total. The molecule has 0 amide bonds. The predicted octanol–water partition coefficient (Wildman–Crippen LogP) is 7.82. The largest absolute Gasteiger partial charge is 0.337 e. The number of hydrogen-bond acceptors (Lipinski definition) is 0. The highest BCUT2D eigenvalue weighted by Gasteiger charge is 2.16. The van der Waals surface area contributed by atoms with Gasteiger partial charge in [0.25, 0.3) is 0 Å². The van der Waals surface area contributed by atoms with Gasteiger partial charge in [0.1, 0.15) is 5.82 Å². The second kappa shape index (κ2) is 10.6. The van der Waals surface area contributed by atoms with Crippen LogP contribution in [0.25, 0.3) is 27.6 Å². The van der Waals surface area contributed by atoms with Crippen LogP contribution in [-0.2, 0) is 7.05 Å². The Hall–Kier alpha value is -2.48. The highest BCUT2D eigenvalue weighted by molar-refractivity contribution is 6.10. The molecule has 0 unspecified atom stereocenters. The zero-order valence-electron chi connectivity index (χ0n) is 18.6. The van der Waals surface area contributed by atoms with Crippen LogP contribution in [0.3, 0.4) is 0 Å². The first-order valence-corrected chi connectivity index (χ1v) is 10.3. The standard InChI is InChI=1S/C19H18N2.3C2H6/c1-13-7-6-9-16-15-8-4-5-10-17(15)21(18(13)16)19-14(2)11-12-20(19)3;3*1-2/h4-12H,1-3H3;3*1-2H3. The van der Waals surface area contributed by atoms with Crippen LogP contribution in [0.4, 0.5) is 0 Å². The van der Waals surface area contributed by atoms with Gasteiger partial charge in [-0.2, -0.15) is 0 Å². The van der Waals surface area contributed by atoms with E-state index in [1.54, 1.807) is 0 Å². The molecule has 0 bridgehead atoms. The number of hydrogen-bond donors (Lipinski definition) is 0. The van der Waals surface area contributed by atoms with E-state index < -0.39 is 0 Å². The smallest absolute Gasteiger partial charge is 0.120 e. The Morgan fingerprint density at radius 2 is 1.22 bits per heavy atom. The van der Waals surface area contributed by atoms with Crippen molar-refractivity contribution in [2.45, 2.75) is 55.4 Å². The van der Waals surface area contributed by atoms with Gasteiger partial charge in [0.15, 0.2) is 0 Å². The van der Waals surface area contributed by atoms with Gasteiger partial charge in [-0.15, -0.1) is 0 Å². The molecule has 2 heteroatoms. The lowest BCUT2D eigenvalue weighted by Gasteiger charge is -2.12. The van der Waals surface area contributed by atoms with Crippen LogP contribution in [0.2, 0.25) is 0 Å². The SMILES string of the molecule is CC.CC.CC.Cc1ccn(C)c1-n1c2ccccc2c2cccc(C)c21. The van der Waals surface area contributed by atoms with E-state index in [9.17, 15) is 0 Å². The minimum atomic E-state index is 1.25. The van der Waals surface area contributed by atoms with Gasteiger partial charge in [0, 0.05) is 24.0 Å². The molecule has 0 saturated heterocycles. The van der Waals surface area contributed by atoms with Gasteiger partial charge in [-0.1, -0.05) is 77.9 Å². The number of benzene rings is 2. The number of rotatable bonds is 1. The topological polar surface area (TPSA) is 9.86 Å². The Morgan fingerprint density at radius 3 is 1.81 bits per heavy atom. The Labute approximate surface area is 165 Å². The summed E-state index contributed by atoms with van der Waals surface area (Å²) < 4.78 is 4.60. The van der Waals surface area contributed by atoms with Gasteiger partial charge in [0.2, 0.25) is 0 Å². The zero-order valence-corrected chi connectivity index (χ0v) is 18.6. The first-order chi connectivity index (χ1) is 13.2. The molecular formula is C25H36N2. The minimum absolute atomic E-state index is 1.25. The molecule has 4 rings (SSSR count). The van der Waals surface area contributed by atoms with Crippen molar-refractivity contribution in [2.24, 2.45) is 7.05 Å². The fraction of sp³-hybridized carbons (Fsp3) is 0.360. The molecule has 0 spiro atoms. The van der Waals surface area contributed by atoms with Crippen LogP contribution < -0.4 is 0 Å². The van der Waals surface area contributed by atoms with E-state index in [-0.39, 0.29) is 0 Å². The summed E-state index contributed by atoms with van der Waals surface area (Å²) in [4.78, 5) is 0. The van der Waals surface area contributed by atoms with Crippen molar-refractivity contribution in [3.63, 3.8) is 0 Å². The van der Waals surface area contributed by atoms with Crippen LogP contribution in [-0.4, -0.2) is 9.13 Å². The Balaban J connectivity index is 0.000000556. The molecule has 4 aromatic rings. The second-order valence-corrected chi connectivity index (χ2v) is 5.76. The molecule has 0 atom stereocenters. The van der Waals surface area contributed by atoms with Gasteiger partial charge in [-0.05, 0) is 37.1 Å². The van der Waals surface area contributed by atoms with E-state index in [0.717, 1.165) is 0 Å². The average Bonchev–Trinajstić information content (AvgIpc) is 3.24. The van der Waals surface area contributed by atoms with Gasteiger partial charge in [0.05, 0.1) is 11.0 Å². The maximum Gasteiger partial charge on any atom is 0.120 e. The molecule has 0 aliphatic rings. The first-order valence-electron chi connectivity index (χ1n) is 10.3. The van der Waals surface area contributed by atoms with Gasteiger partial charge >= 0.3 is 0 Å². The Kier molecular flexibility index (Phi) is 8.87. The molecule has 2 heterocycles. The number of fused-ring (bicyclic) bond motifs is 3. The number of aryl methyl sites for hydroxylation is 3. The number of aromatic nitrogens is 2. The van der Waals surface area contributed by atoms with E-state index in [4.69, 9.17) is 0 Å². The fourth-order valence-electron chi connectivity index (χ4n) is 3.39. The second-order valence-electron chi connectivity index (χ2n) is 5.76. The van der Waals surface area contributed by atoms with Crippen molar-refractivity contribution < 1.29 is 0 Å². The van der Waals surface area contributed by atoms with E-state index in [1.807, 2.05) is 41.5 Å². The van der Waals surface area contributed by atoms with E-state index in [1.165, 1.54) is 38.8 Å². The summed E-state index contributed by atoms with van der Waals surface area (Å²) in [5, 5.41) is 2.64. The average molecular weight is 365 g/mol. The van der Waals surface area contributed by atoms with Crippen molar-refractivity contribution >= 4 is 21.8 Å². The van der Waals surface area contributed by atoms with Gasteiger partial charge in [-0.25, -0.2) is 0 Å². The summed E-state index contributed by atoms with van der Waals surface area (Å²) in [5.41, 5.74) is 5.18. The quantitative estimate of drug-likeness (QED) is 0.326. The third-order valence-electron chi connectivity index (χ3n) is 4.34. The molecule has 0 fully saturated rings. The summed E-state index contributed by atoms with van der Waals surface area (Å²) in [6.45, 7) is 16.4. The highest BCUT2D eigenvalue weighted by atomic mass is 15.1. The van der Waals surface area contributed by atoms with Gasteiger partial charge in [-0.3, -0.25) is 4.57 Å². The number of nitrogens with zero attached hydrogens (tertiary/aromatic N) is 2. The highest BCUT2D eigenvalue weighted by Crippen LogP contribution is 2.34. The van der Waals surface area contributed by atoms with E-state index in [0.29, 0.717) is 0 Å². The maximum atomic E-state index is 2.40. The fourth-order valence-corrected chi connectivity index (χ4v) is 3.39. The minimum Gasteiger partial charge on any atom is -0.337 e. The summed E-state index contributed by atoms with van der Waals surface area (Å²) in [7, 11) is 2.11. The van der Waals surface area contributed by atoms with Crippen molar-refractivity contribution in [3.05, 3.63) is 65.9 Å². The molecule has 2 nitrogen and oxygen atoms in total. The lowest BCUT2D eigenvalue weighted by Crippen LogP contribution is -2.03. The van der Waals surface area contributed by atoms with Crippen molar-refractivity contribution in [3.8, 4) is 5.82 Å². The van der Waals surface area contributed by atoms with Crippen LogP contribution in [0.5, 0.6) is 0 Å². The summed E-state index contributed by atoms with van der Waals surface area (Å²) in [6, 6.07) is 17.4. The maximum absolute atomic E-state index is 2.40. The molecule has 27 heavy (non-hydrogen) atoms. The zero-order chi connectivity index (χ0) is 20.6. The lowest BCUT2D eigenvalue weighted by molar-refractivity contribution is 0.864. The molecule has 2 aromatic heterocycles. The van der Waals surface area contributed by atoms with Crippen LogP contribution in [0.15, 0.2) is 54.7 Å². The van der Waals surface area contributed by atoms with Crippen LogP contribution in [0, 0.1) is 13.8 Å². The van der Waals surface area contributed by atoms with Crippen LogP contribution in [0.1, 0.15) is 52.7 Å². The Morgan fingerprint density at radius 1 is 0.630 bits per heavy atom. The van der Waals surface area contributed by atoms with Gasteiger partial charge < -0.3 is 4.57 Å². The monoisotopic (exact) mass is 364 g/mol. The summed E-state index contributed by atoms with van der Waals surface area (Å²) >= 11 is 0. The summed E-state index contributed by atoms with van der Waals surface area (Å²) in [5.74, 6) is 1.25. The molecule has 0 aliphatic carbocycles. The molecular weight excluding hydrogens is 328 g/mol.